The van der Waals surface area contributed by atoms with Crippen LogP contribution in [0.25, 0.3) is 0 Å². The van der Waals surface area contributed by atoms with Crippen LogP contribution in [-0.4, -0.2) is 31.8 Å². The van der Waals surface area contributed by atoms with Crippen molar-refractivity contribution in [1.29, 1.82) is 0 Å². The Bertz CT molecular complexity index is 630. The summed E-state index contributed by atoms with van der Waals surface area (Å²) in [5, 5.41) is 0.567. The van der Waals surface area contributed by atoms with Crippen molar-refractivity contribution in [2.24, 2.45) is 0 Å². The van der Waals surface area contributed by atoms with Crippen LogP contribution in [0.4, 0.5) is 0 Å². The van der Waals surface area contributed by atoms with Crippen molar-refractivity contribution < 1.29 is 23.8 Å². The molecule has 0 radical (unpaired) electrons. The lowest BCUT2D eigenvalue weighted by atomic mass is 9.92. The third-order valence-corrected chi connectivity index (χ3v) is 3.77. The Morgan fingerprint density at radius 2 is 1.64 bits per heavy atom. The number of halogens is 1. The lowest BCUT2D eigenvalue weighted by Crippen LogP contribution is -2.28. The van der Waals surface area contributed by atoms with Crippen molar-refractivity contribution in [2.45, 2.75) is 25.6 Å². The first-order valence-corrected chi connectivity index (χ1v) is 7.04. The SMILES string of the molecule is COC(=O)C1=C(C(=O)OC)C(C)(C)OC1c1ccc(Cl)cc1. The van der Waals surface area contributed by atoms with E-state index in [2.05, 4.69) is 0 Å². The third kappa shape index (κ3) is 2.87. The monoisotopic (exact) mass is 324 g/mol. The molecule has 6 heteroatoms. The fourth-order valence-corrected chi connectivity index (χ4v) is 2.64. The minimum Gasteiger partial charge on any atom is -0.466 e. The van der Waals surface area contributed by atoms with Gasteiger partial charge in [0.15, 0.2) is 0 Å². The minimum atomic E-state index is -0.971. The van der Waals surface area contributed by atoms with E-state index < -0.39 is 23.6 Å². The van der Waals surface area contributed by atoms with Gasteiger partial charge in [0.2, 0.25) is 0 Å². The molecule has 0 saturated carbocycles. The highest BCUT2D eigenvalue weighted by atomic mass is 35.5. The smallest absolute Gasteiger partial charge is 0.337 e. The van der Waals surface area contributed by atoms with Gasteiger partial charge < -0.3 is 14.2 Å². The van der Waals surface area contributed by atoms with Gasteiger partial charge in [-0.15, -0.1) is 0 Å². The highest BCUT2D eigenvalue weighted by molar-refractivity contribution is 6.30. The molecule has 0 amide bonds. The van der Waals surface area contributed by atoms with Crippen LogP contribution in [0.2, 0.25) is 5.02 Å². The molecule has 1 heterocycles. The number of methoxy groups -OCH3 is 2. The number of hydrogen-bond acceptors (Lipinski definition) is 5. The predicted molar refractivity (Wildman–Crippen MR) is 80.4 cm³/mol. The standard InChI is InChI=1S/C16H17ClO5/c1-16(2)12(15(19)21-4)11(14(18)20-3)13(22-16)9-5-7-10(17)8-6-9/h5-8,13H,1-4H3. The topological polar surface area (TPSA) is 61.8 Å². The molecule has 22 heavy (non-hydrogen) atoms. The fourth-order valence-electron chi connectivity index (χ4n) is 2.52. The van der Waals surface area contributed by atoms with Crippen LogP contribution in [0.5, 0.6) is 0 Å². The van der Waals surface area contributed by atoms with E-state index in [4.69, 9.17) is 25.8 Å². The predicted octanol–water partition coefficient (Wildman–Crippen LogP) is 2.83. The van der Waals surface area contributed by atoms with Crippen molar-refractivity contribution in [1.82, 2.24) is 0 Å². The van der Waals surface area contributed by atoms with Gasteiger partial charge in [0.25, 0.3) is 0 Å². The van der Waals surface area contributed by atoms with Crippen molar-refractivity contribution in [3.8, 4) is 0 Å². The summed E-state index contributed by atoms with van der Waals surface area (Å²) < 4.78 is 15.5. The van der Waals surface area contributed by atoms with Gasteiger partial charge in [-0.05, 0) is 31.5 Å². The second-order valence-electron chi connectivity index (χ2n) is 5.33. The molecule has 1 aliphatic heterocycles. The average molecular weight is 325 g/mol. The molecule has 1 unspecified atom stereocenters. The number of rotatable bonds is 3. The third-order valence-electron chi connectivity index (χ3n) is 3.51. The summed E-state index contributed by atoms with van der Waals surface area (Å²) in [5.74, 6) is -1.23. The van der Waals surface area contributed by atoms with Gasteiger partial charge in [0.1, 0.15) is 6.10 Å². The summed E-state index contributed by atoms with van der Waals surface area (Å²) in [7, 11) is 2.52. The molecular formula is C16H17ClO5. The van der Waals surface area contributed by atoms with Gasteiger partial charge in [0, 0.05) is 5.02 Å². The molecule has 1 aliphatic rings. The zero-order valence-corrected chi connectivity index (χ0v) is 13.6. The number of esters is 2. The first-order valence-electron chi connectivity index (χ1n) is 6.66. The molecule has 0 N–H and O–H groups in total. The summed E-state index contributed by atoms with van der Waals surface area (Å²) in [6, 6.07) is 6.87. The summed E-state index contributed by atoms with van der Waals surface area (Å²) in [4.78, 5) is 24.3. The molecule has 1 aromatic carbocycles. The Balaban J connectivity index is 2.60. The maximum atomic E-state index is 12.2. The molecule has 0 saturated heterocycles. The van der Waals surface area contributed by atoms with Crippen LogP contribution in [0.15, 0.2) is 35.4 Å². The van der Waals surface area contributed by atoms with Crippen LogP contribution < -0.4 is 0 Å². The Morgan fingerprint density at radius 1 is 1.09 bits per heavy atom. The van der Waals surface area contributed by atoms with E-state index in [1.807, 2.05) is 0 Å². The van der Waals surface area contributed by atoms with Gasteiger partial charge >= 0.3 is 11.9 Å². The van der Waals surface area contributed by atoms with E-state index in [-0.39, 0.29) is 11.1 Å². The maximum Gasteiger partial charge on any atom is 0.337 e. The number of benzene rings is 1. The number of hydrogen-bond donors (Lipinski definition) is 0. The zero-order valence-electron chi connectivity index (χ0n) is 12.8. The van der Waals surface area contributed by atoms with Crippen LogP contribution in [0.1, 0.15) is 25.5 Å². The molecular weight excluding hydrogens is 308 g/mol. The van der Waals surface area contributed by atoms with Gasteiger partial charge in [-0.2, -0.15) is 0 Å². The van der Waals surface area contributed by atoms with E-state index in [1.165, 1.54) is 14.2 Å². The number of carbonyl (C=O) groups excluding carboxylic acids is 2. The van der Waals surface area contributed by atoms with Gasteiger partial charge in [-0.3, -0.25) is 0 Å². The first kappa shape index (κ1) is 16.5. The van der Waals surface area contributed by atoms with E-state index >= 15 is 0 Å². The van der Waals surface area contributed by atoms with Gasteiger partial charge in [-0.1, -0.05) is 23.7 Å². The Morgan fingerprint density at radius 3 is 2.14 bits per heavy atom. The molecule has 1 aromatic rings. The molecule has 0 spiro atoms. The highest BCUT2D eigenvalue weighted by Gasteiger charge is 2.48. The summed E-state index contributed by atoms with van der Waals surface area (Å²) in [6.45, 7) is 3.41. The van der Waals surface area contributed by atoms with E-state index in [1.54, 1.807) is 38.1 Å². The number of ether oxygens (including phenoxy) is 3. The summed E-state index contributed by atoms with van der Waals surface area (Å²) in [6.07, 6.45) is -0.714. The van der Waals surface area contributed by atoms with Crippen molar-refractivity contribution in [3.05, 3.63) is 46.0 Å². The summed E-state index contributed by atoms with van der Waals surface area (Å²) in [5.41, 5.74) is 0.0567. The van der Waals surface area contributed by atoms with E-state index in [0.29, 0.717) is 10.6 Å². The minimum absolute atomic E-state index is 0.154. The second kappa shape index (κ2) is 6.10. The normalized spacial score (nSPS) is 20.0. The van der Waals surface area contributed by atoms with E-state index in [9.17, 15) is 9.59 Å². The maximum absolute atomic E-state index is 12.2. The van der Waals surface area contributed by atoms with Crippen LogP contribution in [0.3, 0.4) is 0 Å². The number of carbonyl (C=O) groups is 2. The Labute approximate surface area is 133 Å². The molecule has 0 aliphatic carbocycles. The highest BCUT2D eigenvalue weighted by Crippen LogP contribution is 2.45. The summed E-state index contributed by atoms with van der Waals surface area (Å²) >= 11 is 5.88. The Kier molecular flexibility index (Phi) is 4.58. The molecule has 5 nitrogen and oxygen atoms in total. The Hall–Kier alpha value is -1.85. The van der Waals surface area contributed by atoms with Crippen molar-refractivity contribution in [3.63, 3.8) is 0 Å². The van der Waals surface area contributed by atoms with Gasteiger partial charge in [0.05, 0.1) is 31.0 Å². The van der Waals surface area contributed by atoms with Crippen LogP contribution in [0, 0.1) is 0 Å². The molecule has 0 fully saturated rings. The molecule has 2 rings (SSSR count). The van der Waals surface area contributed by atoms with Crippen LogP contribution in [-0.2, 0) is 23.8 Å². The van der Waals surface area contributed by atoms with Crippen molar-refractivity contribution in [2.75, 3.05) is 14.2 Å². The molecule has 118 valence electrons. The second-order valence-corrected chi connectivity index (χ2v) is 5.77. The quantitative estimate of drug-likeness (QED) is 0.800. The van der Waals surface area contributed by atoms with Gasteiger partial charge in [-0.25, -0.2) is 9.59 Å². The van der Waals surface area contributed by atoms with E-state index in [0.717, 1.165) is 0 Å². The fraction of sp³-hybridized carbons (Fsp3) is 0.375. The first-order chi connectivity index (χ1) is 10.3. The largest absolute Gasteiger partial charge is 0.466 e. The van der Waals surface area contributed by atoms with Crippen LogP contribution >= 0.6 is 11.6 Å². The lowest BCUT2D eigenvalue weighted by molar-refractivity contribution is -0.139. The molecule has 0 bridgehead atoms. The zero-order chi connectivity index (χ0) is 16.5. The molecule has 1 atom stereocenters. The van der Waals surface area contributed by atoms with Crippen molar-refractivity contribution >= 4 is 23.5 Å². The average Bonchev–Trinajstić information content (AvgIpc) is 2.78. The lowest BCUT2D eigenvalue weighted by Gasteiger charge is -2.22. The molecule has 0 aromatic heterocycles.